The van der Waals surface area contributed by atoms with Gasteiger partial charge in [-0.3, -0.25) is 0 Å². The average molecular weight is 289 g/mol. The molecule has 0 amide bonds. The molecule has 0 saturated carbocycles. The van der Waals surface area contributed by atoms with Crippen LogP contribution in [-0.4, -0.2) is 14.7 Å². The van der Waals surface area contributed by atoms with Gasteiger partial charge in [0.15, 0.2) is 9.84 Å². The van der Waals surface area contributed by atoms with Crippen molar-refractivity contribution in [3.05, 3.63) is 24.3 Å². The molecule has 84 valence electrons. The summed E-state index contributed by atoms with van der Waals surface area (Å²) in [6, 6.07) is 5.28. The highest BCUT2D eigenvalue weighted by molar-refractivity contribution is 8.05. The fourth-order valence-electron chi connectivity index (χ4n) is 0.870. The second-order valence-corrected chi connectivity index (χ2v) is 8.97. The van der Waals surface area contributed by atoms with E-state index in [1.165, 1.54) is 24.3 Å². The maximum Gasteiger partial charge on any atom is 0.428 e. The molecule has 0 spiro atoms. The van der Waals surface area contributed by atoms with Crippen molar-refractivity contribution in [2.45, 2.75) is 4.90 Å². The highest BCUT2D eigenvalue weighted by Gasteiger charge is 2.16. The van der Waals surface area contributed by atoms with Gasteiger partial charge in [-0.25, -0.2) is 13.0 Å². The predicted octanol–water partition coefficient (Wildman–Crippen LogP) is 3.05. The summed E-state index contributed by atoms with van der Waals surface area (Å²) in [5.74, 6) is 0.149. The van der Waals surface area contributed by atoms with Gasteiger partial charge in [0.2, 0.25) is 0 Å². The van der Waals surface area contributed by atoms with Crippen LogP contribution < -0.4 is 4.52 Å². The molecule has 0 unspecified atom stereocenters. The average Bonchev–Trinajstić information content (AvgIpc) is 2.00. The molecule has 4 nitrogen and oxygen atoms in total. The molecule has 0 radical (unpaired) electrons. The van der Waals surface area contributed by atoms with Crippen LogP contribution in [0, 0.1) is 0 Å². The van der Waals surface area contributed by atoms with Crippen molar-refractivity contribution >= 4 is 38.4 Å². The number of hydrogen-bond acceptors (Lipinski definition) is 4. The van der Waals surface area contributed by atoms with E-state index in [2.05, 4.69) is 4.52 Å². The second-order valence-electron chi connectivity index (χ2n) is 2.75. The fraction of sp³-hybridized carbons (Fsp3) is 0.143. The lowest BCUT2D eigenvalue weighted by Crippen LogP contribution is -1.96. The molecule has 1 aromatic rings. The molecular formula is C7H7Cl2O4PS. The Morgan fingerprint density at radius 2 is 1.67 bits per heavy atom. The van der Waals surface area contributed by atoms with E-state index in [1.54, 1.807) is 0 Å². The Morgan fingerprint density at radius 1 is 1.20 bits per heavy atom. The monoisotopic (exact) mass is 288 g/mol. The Balaban J connectivity index is 2.97. The third-order valence-corrected chi connectivity index (χ3v) is 3.43. The normalized spacial score (nSPS) is 12.5. The first-order valence-electron chi connectivity index (χ1n) is 3.67. The van der Waals surface area contributed by atoms with Crippen LogP contribution in [0.15, 0.2) is 29.2 Å². The van der Waals surface area contributed by atoms with Gasteiger partial charge in [-0.05, 0) is 24.3 Å². The SMILES string of the molecule is CS(=O)(=O)c1ccc(OP(=O)(Cl)Cl)cc1. The lowest BCUT2D eigenvalue weighted by molar-refractivity contribution is 0.513. The van der Waals surface area contributed by atoms with Crippen LogP contribution in [0.3, 0.4) is 0 Å². The molecule has 0 aliphatic carbocycles. The van der Waals surface area contributed by atoms with Crippen LogP contribution in [-0.2, 0) is 14.4 Å². The molecular weight excluding hydrogens is 282 g/mol. The smallest absolute Gasteiger partial charge is 0.422 e. The van der Waals surface area contributed by atoms with Gasteiger partial charge in [0, 0.05) is 28.7 Å². The summed E-state index contributed by atoms with van der Waals surface area (Å²) < 4.78 is 37.7. The first-order chi connectivity index (χ1) is 6.68. The largest absolute Gasteiger partial charge is 0.428 e. The Hall–Kier alpha value is -0.220. The summed E-state index contributed by atoms with van der Waals surface area (Å²) in [6.07, 6.45) is -2.57. The maximum absolute atomic E-state index is 11.1. The van der Waals surface area contributed by atoms with Crippen LogP contribution in [0.1, 0.15) is 0 Å². The fourth-order valence-corrected chi connectivity index (χ4v) is 2.35. The van der Waals surface area contributed by atoms with Gasteiger partial charge < -0.3 is 4.52 Å². The molecule has 0 fully saturated rings. The van der Waals surface area contributed by atoms with E-state index in [1.807, 2.05) is 0 Å². The standard InChI is InChI=1S/C7H7Cl2O4PS/c1-15(11,12)7-4-2-6(3-5-7)13-14(8,9)10/h2-5H,1H3. The van der Waals surface area contributed by atoms with Crippen molar-refractivity contribution in [2.24, 2.45) is 0 Å². The van der Waals surface area contributed by atoms with E-state index in [-0.39, 0.29) is 10.6 Å². The minimum atomic E-state index is -3.65. The number of halogens is 2. The Bertz CT molecular complexity index is 490. The quantitative estimate of drug-likeness (QED) is 0.802. The first kappa shape index (κ1) is 12.8. The van der Waals surface area contributed by atoms with Crippen molar-refractivity contribution < 1.29 is 17.5 Å². The molecule has 1 aromatic carbocycles. The molecule has 15 heavy (non-hydrogen) atoms. The third-order valence-electron chi connectivity index (χ3n) is 1.46. The molecule has 0 bridgehead atoms. The van der Waals surface area contributed by atoms with Gasteiger partial charge in [0.1, 0.15) is 5.75 Å². The highest BCUT2D eigenvalue weighted by Crippen LogP contribution is 2.57. The summed E-state index contributed by atoms with van der Waals surface area (Å²) >= 11 is 10.4. The summed E-state index contributed by atoms with van der Waals surface area (Å²) in [5, 5.41) is 0. The van der Waals surface area contributed by atoms with Crippen LogP contribution in [0.25, 0.3) is 0 Å². The van der Waals surface area contributed by atoms with E-state index < -0.39 is 15.9 Å². The van der Waals surface area contributed by atoms with E-state index in [9.17, 15) is 13.0 Å². The van der Waals surface area contributed by atoms with Gasteiger partial charge in [0.25, 0.3) is 0 Å². The molecule has 0 aliphatic rings. The number of sulfone groups is 1. The van der Waals surface area contributed by atoms with Crippen molar-refractivity contribution in [1.29, 1.82) is 0 Å². The van der Waals surface area contributed by atoms with E-state index in [0.717, 1.165) is 6.26 Å². The summed E-state index contributed by atoms with van der Waals surface area (Å²) in [4.78, 5) is 0.133. The minimum absolute atomic E-state index is 0.133. The highest BCUT2D eigenvalue weighted by atomic mass is 35.9. The van der Waals surface area contributed by atoms with E-state index in [4.69, 9.17) is 22.5 Å². The molecule has 0 heterocycles. The predicted molar refractivity (Wildman–Crippen MR) is 59.5 cm³/mol. The van der Waals surface area contributed by atoms with Crippen molar-refractivity contribution in [3.63, 3.8) is 0 Å². The van der Waals surface area contributed by atoms with Crippen LogP contribution in [0.4, 0.5) is 0 Å². The molecule has 0 N–H and O–H groups in total. The van der Waals surface area contributed by atoms with Crippen molar-refractivity contribution in [2.75, 3.05) is 6.26 Å². The lowest BCUT2D eigenvalue weighted by Gasteiger charge is -2.06. The molecule has 8 heteroatoms. The van der Waals surface area contributed by atoms with Crippen LogP contribution in [0.2, 0.25) is 0 Å². The minimum Gasteiger partial charge on any atom is -0.422 e. The van der Waals surface area contributed by atoms with Gasteiger partial charge >= 0.3 is 6.07 Å². The number of rotatable bonds is 3. The molecule has 0 atom stereocenters. The lowest BCUT2D eigenvalue weighted by atomic mass is 10.3. The topological polar surface area (TPSA) is 60.4 Å². The third kappa shape index (κ3) is 4.43. The number of hydrogen-bond donors (Lipinski definition) is 0. The zero-order valence-electron chi connectivity index (χ0n) is 7.55. The number of benzene rings is 1. The van der Waals surface area contributed by atoms with Crippen molar-refractivity contribution in [1.82, 2.24) is 0 Å². The van der Waals surface area contributed by atoms with Crippen molar-refractivity contribution in [3.8, 4) is 5.75 Å². The first-order valence-corrected chi connectivity index (χ1v) is 9.00. The molecule has 1 rings (SSSR count). The summed E-state index contributed by atoms with van der Waals surface area (Å²) in [7, 11) is -3.25. The molecule has 0 aliphatic heterocycles. The molecule has 0 saturated heterocycles. The zero-order valence-corrected chi connectivity index (χ0v) is 10.8. The van der Waals surface area contributed by atoms with E-state index in [0.29, 0.717) is 0 Å². The van der Waals surface area contributed by atoms with Crippen LogP contribution in [0.5, 0.6) is 5.75 Å². The van der Waals surface area contributed by atoms with E-state index >= 15 is 0 Å². The Kier molecular flexibility index (Phi) is 3.71. The van der Waals surface area contributed by atoms with Gasteiger partial charge in [-0.2, -0.15) is 0 Å². The zero-order chi connectivity index (χ0) is 11.7. The molecule has 0 aromatic heterocycles. The second kappa shape index (κ2) is 4.34. The van der Waals surface area contributed by atoms with Gasteiger partial charge in [0.05, 0.1) is 4.90 Å². The summed E-state index contributed by atoms with van der Waals surface area (Å²) in [5.41, 5.74) is 0. The van der Waals surface area contributed by atoms with Crippen LogP contribution >= 0.6 is 28.6 Å². The van der Waals surface area contributed by atoms with Gasteiger partial charge in [-0.1, -0.05) is 0 Å². The maximum atomic E-state index is 11.1. The Labute approximate surface area is 97.1 Å². The summed E-state index contributed by atoms with van der Waals surface area (Å²) in [6.45, 7) is 0. The Morgan fingerprint density at radius 3 is 2.00 bits per heavy atom. The van der Waals surface area contributed by atoms with Gasteiger partial charge in [-0.15, -0.1) is 0 Å².